The van der Waals surface area contributed by atoms with Crippen LogP contribution >= 0.6 is 23.1 Å². The molecule has 0 bridgehead atoms. The van der Waals surface area contributed by atoms with Crippen LogP contribution in [0.15, 0.2) is 65.1 Å². The van der Waals surface area contributed by atoms with Gasteiger partial charge in [-0.1, -0.05) is 48.2 Å². The number of anilines is 1. The average molecular weight is 497 g/mol. The molecule has 10 heteroatoms. The number of hydrogen-bond donors (Lipinski definition) is 1. The minimum atomic E-state index is -0.189. The molecule has 2 aromatic carbocycles. The predicted molar refractivity (Wildman–Crippen MR) is 134 cm³/mol. The lowest BCUT2D eigenvalue weighted by Crippen LogP contribution is -2.15. The van der Waals surface area contributed by atoms with Gasteiger partial charge in [0.1, 0.15) is 0 Å². The third-order valence-corrected chi connectivity index (χ3v) is 6.76. The molecule has 176 valence electrons. The van der Waals surface area contributed by atoms with E-state index < -0.39 is 0 Å². The quantitative estimate of drug-likeness (QED) is 0.315. The monoisotopic (exact) mass is 496 g/mol. The van der Waals surface area contributed by atoms with Gasteiger partial charge in [-0.3, -0.25) is 9.36 Å². The largest absolute Gasteiger partial charge is 0.493 e. The van der Waals surface area contributed by atoms with Crippen molar-refractivity contribution in [1.82, 2.24) is 14.8 Å². The number of nitrogens with one attached hydrogen (secondary N) is 1. The molecule has 0 aliphatic rings. The van der Waals surface area contributed by atoms with Gasteiger partial charge in [0, 0.05) is 17.8 Å². The first kappa shape index (κ1) is 23.7. The van der Waals surface area contributed by atoms with Crippen LogP contribution in [0.2, 0.25) is 0 Å². The van der Waals surface area contributed by atoms with Gasteiger partial charge in [-0.2, -0.15) is 0 Å². The number of carbonyl (C=O) groups is 1. The van der Waals surface area contributed by atoms with Gasteiger partial charge in [0.05, 0.1) is 38.5 Å². The van der Waals surface area contributed by atoms with E-state index in [1.165, 1.54) is 33.1 Å². The number of benzene rings is 2. The predicted octanol–water partition coefficient (Wildman–Crippen LogP) is 4.81. The Hall–Kier alpha value is -3.50. The van der Waals surface area contributed by atoms with E-state index in [-0.39, 0.29) is 11.7 Å². The second kappa shape index (κ2) is 11.1. The summed E-state index contributed by atoms with van der Waals surface area (Å²) in [5.74, 6) is 2.15. The maximum atomic E-state index is 12.7. The molecule has 8 nitrogen and oxygen atoms in total. The Morgan fingerprint density at radius 1 is 1.00 bits per heavy atom. The van der Waals surface area contributed by atoms with Gasteiger partial charge in [0.15, 0.2) is 22.5 Å². The van der Waals surface area contributed by atoms with Crippen LogP contribution in [-0.2, 0) is 11.3 Å². The maximum absolute atomic E-state index is 12.7. The Morgan fingerprint density at radius 3 is 2.35 bits per heavy atom. The number of thioether (sulfide) groups is 1. The first-order valence-corrected chi connectivity index (χ1v) is 12.2. The molecule has 0 saturated carbocycles. The number of carbonyl (C=O) groups excluding carboxylic acids is 1. The summed E-state index contributed by atoms with van der Waals surface area (Å²) in [5, 5.41) is 14.3. The lowest BCUT2D eigenvalue weighted by Gasteiger charge is -2.14. The Balaban J connectivity index is 1.51. The number of ether oxygens (including phenoxy) is 3. The van der Waals surface area contributed by atoms with Crippen LogP contribution in [0.5, 0.6) is 17.2 Å². The number of thiophene rings is 1. The van der Waals surface area contributed by atoms with Crippen LogP contribution in [0.3, 0.4) is 0 Å². The smallest absolute Gasteiger partial charge is 0.234 e. The normalized spacial score (nSPS) is 10.7. The summed E-state index contributed by atoms with van der Waals surface area (Å²) in [5.41, 5.74) is 1.67. The molecule has 2 aromatic heterocycles. The van der Waals surface area contributed by atoms with Crippen molar-refractivity contribution in [3.8, 4) is 28.0 Å². The van der Waals surface area contributed by atoms with Crippen molar-refractivity contribution < 1.29 is 19.0 Å². The van der Waals surface area contributed by atoms with Crippen molar-refractivity contribution in [3.05, 3.63) is 65.5 Å². The summed E-state index contributed by atoms with van der Waals surface area (Å²) >= 11 is 2.94. The zero-order valence-electron chi connectivity index (χ0n) is 19.0. The molecule has 34 heavy (non-hydrogen) atoms. The van der Waals surface area contributed by atoms with Gasteiger partial charge in [-0.05, 0) is 17.0 Å². The third-order valence-electron chi connectivity index (χ3n) is 4.92. The standard InChI is InChI=1S/C24H24N4O4S2/c1-30-18-12-17(13-19(31-2)22(18)32-3)25-21(29)15-34-24-27-26-23(20-10-7-11-33-20)28(24)14-16-8-5-4-6-9-16/h4-13H,14-15H2,1-3H3,(H,25,29). The highest BCUT2D eigenvalue weighted by Gasteiger charge is 2.18. The molecule has 0 aliphatic carbocycles. The Morgan fingerprint density at radius 2 is 1.74 bits per heavy atom. The van der Waals surface area contributed by atoms with Crippen LogP contribution in [0, 0.1) is 0 Å². The lowest BCUT2D eigenvalue weighted by atomic mass is 10.2. The number of methoxy groups -OCH3 is 3. The molecule has 0 radical (unpaired) electrons. The molecule has 1 N–H and O–H groups in total. The summed E-state index contributed by atoms with van der Waals surface area (Å²) in [4.78, 5) is 13.8. The van der Waals surface area contributed by atoms with Gasteiger partial charge in [-0.15, -0.1) is 21.5 Å². The highest BCUT2D eigenvalue weighted by Crippen LogP contribution is 2.40. The van der Waals surface area contributed by atoms with Crippen molar-refractivity contribution in [2.45, 2.75) is 11.7 Å². The molecule has 0 unspecified atom stereocenters. The lowest BCUT2D eigenvalue weighted by molar-refractivity contribution is -0.113. The second-order valence-corrected chi connectivity index (χ2v) is 9.00. The SMILES string of the molecule is COc1cc(NC(=O)CSc2nnc(-c3cccs3)n2Cc2ccccc2)cc(OC)c1OC. The fraction of sp³-hybridized carbons (Fsp3) is 0.208. The van der Waals surface area contributed by atoms with Crippen molar-refractivity contribution in [2.24, 2.45) is 0 Å². The van der Waals surface area contributed by atoms with E-state index in [2.05, 4.69) is 27.6 Å². The summed E-state index contributed by atoms with van der Waals surface area (Å²) in [6.07, 6.45) is 0. The van der Waals surface area contributed by atoms with E-state index in [0.29, 0.717) is 34.6 Å². The summed E-state index contributed by atoms with van der Waals surface area (Å²) in [7, 11) is 4.60. The molecule has 4 aromatic rings. The summed E-state index contributed by atoms with van der Waals surface area (Å²) in [6, 6.07) is 17.5. The molecule has 0 aliphatic heterocycles. The average Bonchev–Trinajstić information content (AvgIpc) is 3.53. The Labute approximate surface area is 205 Å². The van der Waals surface area contributed by atoms with Gasteiger partial charge < -0.3 is 19.5 Å². The molecule has 0 spiro atoms. The molecule has 0 atom stereocenters. The summed E-state index contributed by atoms with van der Waals surface area (Å²) in [6.45, 7) is 0.609. The Kier molecular flexibility index (Phi) is 7.71. The van der Waals surface area contributed by atoms with Crippen molar-refractivity contribution in [3.63, 3.8) is 0 Å². The van der Waals surface area contributed by atoms with Crippen LogP contribution in [0.1, 0.15) is 5.56 Å². The van der Waals surface area contributed by atoms with E-state index in [9.17, 15) is 4.79 Å². The number of aromatic nitrogens is 3. The topological polar surface area (TPSA) is 87.5 Å². The zero-order chi connectivity index (χ0) is 23.9. The molecule has 4 rings (SSSR count). The van der Waals surface area contributed by atoms with Crippen LogP contribution in [0.25, 0.3) is 10.7 Å². The third kappa shape index (κ3) is 5.35. The minimum absolute atomic E-state index is 0.161. The summed E-state index contributed by atoms with van der Waals surface area (Å²) < 4.78 is 18.1. The molecule has 0 saturated heterocycles. The zero-order valence-corrected chi connectivity index (χ0v) is 20.6. The number of rotatable bonds is 10. The van der Waals surface area contributed by atoms with Gasteiger partial charge >= 0.3 is 0 Å². The van der Waals surface area contributed by atoms with Crippen molar-refractivity contribution in [2.75, 3.05) is 32.4 Å². The maximum Gasteiger partial charge on any atom is 0.234 e. The fourth-order valence-corrected chi connectivity index (χ4v) is 4.83. The van der Waals surface area contributed by atoms with E-state index in [1.807, 2.05) is 40.3 Å². The molecular formula is C24H24N4O4S2. The number of amides is 1. The highest BCUT2D eigenvalue weighted by atomic mass is 32.2. The van der Waals surface area contributed by atoms with Crippen LogP contribution in [-0.4, -0.2) is 47.8 Å². The number of nitrogens with zero attached hydrogens (tertiary/aromatic N) is 3. The van der Waals surface area contributed by atoms with Gasteiger partial charge in [0.2, 0.25) is 11.7 Å². The first-order chi connectivity index (χ1) is 16.6. The molecular weight excluding hydrogens is 472 g/mol. The molecule has 0 fully saturated rings. The Bertz CT molecular complexity index is 1220. The van der Waals surface area contributed by atoms with Crippen molar-refractivity contribution >= 4 is 34.7 Å². The van der Waals surface area contributed by atoms with Crippen molar-refractivity contribution in [1.29, 1.82) is 0 Å². The first-order valence-electron chi connectivity index (χ1n) is 10.4. The number of hydrogen-bond acceptors (Lipinski definition) is 8. The molecule has 1 amide bonds. The minimum Gasteiger partial charge on any atom is -0.493 e. The van der Waals surface area contributed by atoms with E-state index in [1.54, 1.807) is 23.5 Å². The van der Waals surface area contributed by atoms with Crippen LogP contribution in [0.4, 0.5) is 5.69 Å². The van der Waals surface area contributed by atoms with Crippen LogP contribution < -0.4 is 19.5 Å². The molecule has 2 heterocycles. The van der Waals surface area contributed by atoms with E-state index in [0.717, 1.165) is 16.3 Å². The fourth-order valence-electron chi connectivity index (χ4n) is 3.37. The van der Waals surface area contributed by atoms with E-state index in [4.69, 9.17) is 14.2 Å². The van der Waals surface area contributed by atoms with Gasteiger partial charge in [-0.25, -0.2) is 0 Å². The van der Waals surface area contributed by atoms with Gasteiger partial charge in [0.25, 0.3) is 0 Å². The second-order valence-electron chi connectivity index (χ2n) is 7.11. The van der Waals surface area contributed by atoms with E-state index >= 15 is 0 Å². The highest BCUT2D eigenvalue weighted by molar-refractivity contribution is 7.99.